The second-order valence-electron chi connectivity index (χ2n) is 10.4. The Morgan fingerprint density at radius 3 is 2.52 bits per heavy atom. The first-order valence-electron chi connectivity index (χ1n) is 14.3. The predicted molar refractivity (Wildman–Crippen MR) is 170 cm³/mol. The average molecular weight is 640 g/mol. The molecule has 0 saturated heterocycles. The van der Waals surface area contributed by atoms with Crippen LogP contribution in [-0.2, 0) is 32.2 Å². The van der Waals surface area contributed by atoms with Gasteiger partial charge in [0, 0.05) is 25.1 Å². The molecule has 0 fully saturated rings. The average Bonchev–Trinajstić information content (AvgIpc) is 3.35. The lowest BCUT2D eigenvalue weighted by Gasteiger charge is -2.19. The lowest BCUT2D eigenvalue weighted by atomic mass is 10.0. The molecule has 0 saturated carbocycles. The Hall–Kier alpha value is -3.81. The lowest BCUT2D eigenvalue weighted by molar-refractivity contribution is -0.673. The zero-order chi connectivity index (χ0) is 31.1. The summed E-state index contributed by atoms with van der Waals surface area (Å²) in [5.74, 6) is 1.77. The van der Waals surface area contributed by atoms with Crippen molar-refractivity contribution in [1.82, 2.24) is 0 Å². The number of fused-ring (bicyclic) bond motifs is 2. The van der Waals surface area contributed by atoms with Crippen molar-refractivity contribution in [3.05, 3.63) is 90.4 Å². The second-order valence-corrected chi connectivity index (χ2v) is 12.6. The molecule has 10 nitrogen and oxygen atoms in total. The van der Waals surface area contributed by atoms with Gasteiger partial charge in [-0.2, -0.15) is 17.2 Å². The highest BCUT2D eigenvalue weighted by Crippen LogP contribution is 2.42. The van der Waals surface area contributed by atoms with Gasteiger partial charge >= 0.3 is 11.4 Å². The van der Waals surface area contributed by atoms with Gasteiger partial charge in [0.05, 0.1) is 36.6 Å². The van der Waals surface area contributed by atoms with Crippen molar-refractivity contribution in [2.45, 2.75) is 32.2 Å². The summed E-state index contributed by atoms with van der Waals surface area (Å²) in [5, 5.41) is 0.961. The standard InChI is InChI=1S/C32H34N2O8S2/c1-40-28-14-15-29-26(21-28)11-13-27(33(29)17-6-8-20-44(37,38)39)23-32-34(18-5-7-19-41-43(35)36)30-22-25(12-16-31(30)42-32)24-9-3-2-4-10-24/h2-4,9-16,21-23H,5-8,17-20H2,1H3,(H-,35,36,37,38,39)/p+1. The Labute approximate surface area is 259 Å². The quantitative estimate of drug-likeness (QED) is 0.0785. The molecule has 1 atom stereocenters. The molecule has 1 aliphatic heterocycles. The van der Waals surface area contributed by atoms with E-state index in [0.717, 1.165) is 39.2 Å². The van der Waals surface area contributed by atoms with Crippen molar-refractivity contribution in [1.29, 1.82) is 0 Å². The smallest absolute Gasteiger partial charge is 0.301 e. The van der Waals surface area contributed by atoms with E-state index in [0.29, 0.717) is 50.4 Å². The van der Waals surface area contributed by atoms with Gasteiger partial charge in [-0.05, 0) is 60.7 Å². The van der Waals surface area contributed by atoms with Gasteiger partial charge in [0.15, 0.2) is 5.75 Å². The summed E-state index contributed by atoms with van der Waals surface area (Å²) in [5.41, 5.74) is 4.83. The summed E-state index contributed by atoms with van der Waals surface area (Å²) in [4.78, 5) is 2.10. The number of ether oxygens (including phenoxy) is 2. The van der Waals surface area contributed by atoms with Crippen LogP contribution >= 0.6 is 0 Å². The summed E-state index contributed by atoms with van der Waals surface area (Å²) >= 11 is -2.30. The molecule has 44 heavy (non-hydrogen) atoms. The molecule has 1 aliphatic rings. The number of unbranched alkanes of at least 4 members (excludes halogenated alkanes) is 2. The normalized spacial score (nSPS) is 14.5. The van der Waals surface area contributed by atoms with Crippen LogP contribution in [0.4, 0.5) is 5.69 Å². The third-order valence-electron chi connectivity index (χ3n) is 7.37. The molecule has 2 heterocycles. The van der Waals surface area contributed by atoms with Crippen LogP contribution in [0.5, 0.6) is 11.5 Å². The van der Waals surface area contributed by atoms with Crippen molar-refractivity contribution < 1.29 is 40.0 Å². The van der Waals surface area contributed by atoms with E-state index in [2.05, 4.69) is 27.7 Å². The Morgan fingerprint density at radius 1 is 0.955 bits per heavy atom. The molecule has 4 aromatic rings. The molecular weight excluding hydrogens is 604 g/mol. The number of anilines is 1. The van der Waals surface area contributed by atoms with Gasteiger partial charge < -0.3 is 14.4 Å². The summed E-state index contributed by atoms with van der Waals surface area (Å²) in [6, 6.07) is 26.0. The monoisotopic (exact) mass is 639 g/mol. The highest BCUT2D eigenvalue weighted by molar-refractivity contribution is 7.85. The number of benzene rings is 3. The van der Waals surface area contributed by atoms with E-state index in [9.17, 15) is 17.2 Å². The number of hydrogen-bond donors (Lipinski definition) is 2. The van der Waals surface area contributed by atoms with E-state index in [4.69, 9.17) is 18.2 Å². The predicted octanol–water partition coefficient (Wildman–Crippen LogP) is 5.60. The summed E-state index contributed by atoms with van der Waals surface area (Å²) in [7, 11) is -2.43. The van der Waals surface area contributed by atoms with Crippen LogP contribution in [0.1, 0.15) is 31.4 Å². The van der Waals surface area contributed by atoms with E-state index < -0.39 is 21.5 Å². The molecule has 3 aromatic carbocycles. The van der Waals surface area contributed by atoms with Gasteiger partial charge in [-0.25, -0.2) is 0 Å². The Kier molecular flexibility index (Phi) is 10.3. The Balaban J connectivity index is 1.50. The number of aromatic nitrogens is 1. The fourth-order valence-corrected chi connectivity index (χ4v) is 6.08. The topological polar surface area (TPSA) is 126 Å². The van der Waals surface area contributed by atoms with E-state index in [1.54, 1.807) is 7.11 Å². The highest BCUT2D eigenvalue weighted by atomic mass is 32.2. The number of aryl methyl sites for hydroxylation is 1. The van der Waals surface area contributed by atoms with Crippen LogP contribution in [-0.4, -0.2) is 47.7 Å². The van der Waals surface area contributed by atoms with Gasteiger partial charge in [0.2, 0.25) is 17.1 Å². The molecule has 1 unspecified atom stereocenters. The molecule has 0 bridgehead atoms. The number of nitrogens with zero attached hydrogens (tertiary/aromatic N) is 2. The molecule has 0 spiro atoms. The maximum Gasteiger partial charge on any atom is 0.301 e. The van der Waals surface area contributed by atoms with Crippen molar-refractivity contribution in [2.75, 3.05) is 30.9 Å². The zero-order valence-corrected chi connectivity index (χ0v) is 25.9. The van der Waals surface area contributed by atoms with E-state index in [1.165, 1.54) is 0 Å². The molecular formula is C32H35N2O8S2+. The molecule has 0 radical (unpaired) electrons. The molecule has 0 amide bonds. The molecule has 232 valence electrons. The van der Waals surface area contributed by atoms with E-state index >= 15 is 0 Å². The maximum atomic E-state index is 11.3. The van der Waals surface area contributed by atoms with Crippen molar-refractivity contribution in [3.8, 4) is 22.6 Å². The van der Waals surface area contributed by atoms with Gasteiger partial charge in [0.25, 0.3) is 10.1 Å². The minimum Gasteiger partial charge on any atom is -0.497 e. The largest absolute Gasteiger partial charge is 0.497 e. The number of pyridine rings is 1. The third kappa shape index (κ3) is 8.01. The fourth-order valence-electron chi connectivity index (χ4n) is 5.25. The molecule has 0 aliphatic carbocycles. The third-order valence-corrected chi connectivity index (χ3v) is 8.55. The lowest BCUT2D eigenvalue weighted by Crippen LogP contribution is -2.38. The Bertz CT molecular complexity index is 1780. The zero-order valence-electron chi connectivity index (χ0n) is 24.3. The van der Waals surface area contributed by atoms with Crippen LogP contribution in [0.3, 0.4) is 0 Å². The molecule has 1 aromatic heterocycles. The molecule has 2 N–H and O–H groups in total. The number of rotatable bonds is 14. The van der Waals surface area contributed by atoms with Crippen LogP contribution in [0.25, 0.3) is 28.1 Å². The van der Waals surface area contributed by atoms with E-state index in [1.807, 2.05) is 66.7 Å². The summed E-state index contributed by atoms with van der Waals surface area (Å²) in [6.45, 7) is 1.25. The van der Waals surface area contributed by atoms with Gasteiger partial charge in [-0.15, -0.1) is 0 Å². The van der Waals surface area contributed by atoms with Crippen molar-refractivity contribution >= 4 is 44.1 Å². The van der Waals surface area contributed by atoms with Gasteiger partial charge in [-0.3, -0.25) is 13.3 Å². The first kappa shape index (κ1) is 31.6. The fraction of sp³-hybridized carbons (Fsp3) is 0.281. The molecule has 12 heteroatoms. The number of methoxy groups -OCH3 is 1. The first-order valence-corrected chi connectivity index (χ1v) is 16.9. The van der Waals surface area contributed by atoms with Crippen molar-refractivity contribution in [3.63, 3.8) is 0 Å². The summed E-state index contributed by atoms with van der Waals surface area (Å²) < 4.78 is 70.4. The minimum absolute atomic E-state index is 0.158. The van der Waals surface area contributed by atoms with Crippen LogP contribution in [0.15, 0.2) is 84.7 Å². The van der Waals surface area contributed by atoms with Gasteiger partial charge in [0.1, 0.15) is 12.3 Å². The first-order chi connectivity index (χ1) is 21.2. The SMILES string of the molecule is COc1ccc2c(ccc(C=C3Oc4ccc(-c5ccccc5)cc4N3CCCCOS(=O)O)[n+]2CCCCS(=O)(=O)O)c1. The van der Waals surface area contributed by atoms with E-state index in [-0.39, 0.29) is 12.4 Å². The van der Waals surface area contributed by atoms with Crippen LogP contribution in [0.2, 0.25) is 0 Å². The minimum atomic E-state index is -4.04. The van der Waals surface area contributed by atoms with Gasteiger partial charge in [-0.1, -0.05) is 36.4 Å². The van der Waals surface area contributed by atoms with Crippen LogP contribution in [0, 0.1) is 0 Å². The second kappa shape index (κ2) is 14.3. The maximum absolute atomic E-state index is 11.3. The highest BCUT2D eigenvalue weighted by Gasteiger charge is 2.28. The van der Waals surface area contributed by atoms with Crippen LogP contribution < -0.4 is 18.9 Å². The Morgan fingerprint density at radius 2 is 1.77 bits per heavy atom. The van der Waals surface area contributed by atoms with Crippen molar-refractivity contribution in [2.24, 2.45) is 0 Å². The number of hydrogen-bond acceptors (Lipinski definition) is 7. The summed E-state index contributed by atoms with van der Waals surface area (Å²) in [6.07, 6.45) is 4.07. The molecule has 5 rings (SSSR count).